The Bertz CT molecular complexity index is 291. The Morgan fingerprint density at radius 1 is 1.33 bits per heavy atom. The Morgan fingerprint density at radius 3 is 2.33 bits per heavy atom. The molecule has 0 aliphatic carbocycles. The van der Waals surface area contributed by atoms with Crippen molar-refractivity contribution in [1.82, 2.24) is 0 Å². The smallest absolute Gasteiger partial charge is 0.206 e. The van der Waals surface area contributed by atoms with Gasteiger partial charge in [0.05, 0.1) is 5.56 Å². The van der Waals surface area contributed by atoms with Crippen LogP contribution < -0.4 is 0 Å². The van der Waals surface area contributed by atoms with Crippen molar-refractivity contribution >= 4 is 9.24 Å². The van der Waals surface area contributed by atoms with E-state index in [2.05, 4.69) is 0 Å². The molecule has 1 rings (SSSR count). The molecular weight excluding hydrogens is 184 g/mol. The predicted molar refractivity (Wildman–Crippen MR) is 44.7 cm³/mol. The third-order valence-electron chi connectivity index (χ3n) is 1.48. The summed E-state index contributed by atoms with van der Waals surface area (Å²) in [6.07, 6.45) is 0. The first-order chi connectivity index (χ1) is 5.41. The molecule has 0 amide bonds. The summed E-state index contributed by atoms with van der Waals surface area (Å²) in [7, 11) is 1.31. The van der Waals surface area contributed by atoms with Crippen LogP contribution in [0.2, 0.25) is 0 Å². The van der Waals surface area contributed by atoms with Crippen LogP contribution in [0.5, 0.6) is 0 Å². The van der Waals surface area contributed by atoms with Crippen LogP contribution in [0, 0.1) is 12.7 Å². The van der Waals surface area contributed by atoms with Gasteiger partial charge in [-0.15, -0.1) is 0 Å². The van der Waals surface area contributed by atoms with E-state index in [0.29, 0.717) is 5.56 Å². The minimum atomic E-state index is -3.18. The van der Waals surface area contributed by atoms with Crippen LogP contribution in [-0.4, -0.2) is 0 Å². The van der Waals surface area contributed by atoms with Gasteiger partial charge in [-0.2, -0.15) is 8.78 Å². The maximum atomic E-state index is 12.9. The van der Waals surface area contributed by atoms with E-state index in [1.54, 1.807) is 6.92 Å². The molecule has 0 bridgehead atoms. The van der Waals surface area contributed by atoms with E-state index >= 15 is 0 Å². The lowest BCUT2D eigenvalue weighted by Crippen LogP contribution is -2.05. The van der Waals surface area contributed by atoms with Crippen LogP contribution >= 0.6 is 9.24 Å². The molecule has 0 saturated heterocycles. The second-order valence-corrected chi connectivity index (χ2v) is 3.33. The molecule has 0 aliphatic heterocycles. The van der Waals surface area contributed by atoms with Crippen LogP contribution in [0.3, 0.4) is 0 Å². The molecule has 12 heavy (non-hydrogen) atoms. The summed E-state index contributed by atoms with van der Waals surface area (Å²) in [5.41, 5.74) is -3.14. The zero-order valence-corrected chi connectivity index (χ0v) is 7.60. The van der Waals surface area contributed by atoms with Crippen molar-refractivity contribution < 1.29 is 13.2 Å². The van der Waals surface area contributed by atoms with Gasteiger partial charge < -0.3 is 0 Å². The van der Waals surface area contributed by atoms with Crippen molar-refractivity contribution in [3.8, 4) is 0 Å². The number of alkyl halides is 2. The number of rotatable bonds is 1. The standard InChI is InChI=1S/C8H8F3P/c1-5-2-3-6(7(9)4-5)8(10,11)12/h2-4H,12H2,1H3. The van der Waals surface area contributed by atoms with Crippen molar-refractivity contribution in [2.75, 3.05) is 0 Å². The lowest BCUT2D eigenvalue weighted by molar-refractivity contribution is 0.0992. The molecular formula is C8H8F3P. The third-order valence-corrected chi connectivity index (χ3v) is 1.79. The predicted octanol–water partition coefficient (Wildman–Crippen LogP) is 3.06. The second kappa shape index (κ2) is 3.06. The molecule has 4 heteroatoms. The van der Waals surface area contributed by atoms with Gasteiger partial charge in [-0.1, -0.05) is 15.3 Å². The second-order valence-electron chi connectivity index (χ2n) is 2.61. The molecule has 0 saturated carbocycles. The largest absolute Gasteiger partial charge is 0.286 e. The number of hydrogen-bond donors (Lipinski definition) is 0. The first kappa shape index (κ1) is 9.53. The first-order valence-electron chi connectivity index (χ1n) is 3.34. The van der Waals surface area contributed by atoms with E-state index in [-0.39, 0.29) is 0 Å². The molecule has 0 aliphatic rings. The van der Waals surface area contributed by atoms with Gasteiger partial charge in [0.2, 0.25) is 0 Å². The summed E-state index contributed by atoms with van der Waals surface area (Å²) in [5.74, 6) is -0.866. The van der Waals surface area contributed by atoms with Gasteiger partial charge in [0.1, 0.15) is 5.82 Å². The van der Waals surface area contributed by atoms with Gasteiger partial charge in [0.15, 0.2) is 0 Å². The van der Waals surface area contributed by atoms with Crippen molar-refractivity contribution in [2.24, 2.45) is 0 Å². The van der Waals surface area contributed by atoms with Crippen LogP contribution in [0.4, 0.5) is 13.2 Å². The van der Waals surface area contributed by atoms with E-state index < -0.39 is 17.0 Å². The molecule has 0 spiro atoms. The minimum absolute atomic E-state index is 0.585. The van der Waals surface area contributed by atoms with Gasteiger partial charge in [-0.25, -0.2) is 4.39 Å². The lowest BCUT2D eigenvalue weighted by Gasteiger charge is -2.11. The number of benzene rings is 1. The number of aryl methyl sites for hydroxylation is 1. The first-order valence-corrected chi connectivity index (χ1v) is 3.92. The summed E-state index contributed by atoms with van der Waals surface area (Å²) in [6, 6.07) is 3.64. The summed E-state index contributed by atoms with van der Waals surface area (Å²) < 4.78 is 38.0. The van der Waals surface area contributed by atoms with Crippen LogP contribution in [0.25, 0.3) is 0 Å². The lowest BCUT2D eigenvalue weighted by atomic mass is 10.1. The minimum Gasteiger partial charge on any atom is -0.206 e. The number of halogens is 3. The third kappa shape index (κ3) is 1.98. The number of hydrogen-bond acceptors (Lipinski definition) is 0. The highest BCUT2D eigenvalue weighted by molar-refractivity contribution is 7.17. The summed E-state index contributed by atoms with van der Waals surface area (Å²) in [5, 5.41) is 0. The quantitative estimate of drug-likeness (QED) is 0.600. The summed E-state index contributed by atoms with van der Waals surface area (Å²) in [6.45, 7) is 1.65. The van der Waals surface area contributed by atoms with Gasteiger partial charge in [0, 0.05) is 0 Å². The fourth-order valence-electron chi connectivity index (χ4n) is 0.890. The van der Waals surface area contributed by atoms with E-state index in [4.69, 9.17) is 0 Å². The molecule has 0 nitrogen and oxygen atoms in total. The molecule has 66 valence electrons. The molecule has 0 fully saturated rings. The SMILES string of the molecule is Cc1ccc(C(F)(F)P)c(F)c1. The van der Waals surface area contributed by atoms with E-state index in [9.17, 15) is 13.2 Å². The van der Waals surface area contributed by atoms with Crippen molar-refractivity contribution in [2.45, 2.75) is 12.6 Å². The maximum absolute atomic E-state index is 12.9. The van der Waals surface area contributed by atoms with Crippen LogP contribution in [0.1, 0.15) is 11.1 Å². The highest BCUT2D eigenvalue weighted by Gasteiger charge is 2.27. The molecule has 0 N–H and O–H groups in total. The average molecular weight is 192 g/mol. The van der Waals surface area contributed by atoms with Crippen LogP contribution in [0.15, 0.2) is 18.2 Å². The topological polar surface area (TPSA) is 0 Å². The zero-order chi connectivity index (χ0) is 9.35. The zero-order valence-electron chi connectivity index (χ0n) is 6.44. The summed E-state index contributed by atoms with van der Waals surface area (Å²) in [4.78, 5) is 0. The van der Waals surface area contributed by atoms with Gasteiger partial charge in [-0.05, 0) is 24.6 Å². The molecule has 0 heterocycles. The van der Waals surface area contributed by atoms with Crippen molar-refractivity contribution in [3.63, 3.8) is 0 Å². The van der Waals surface area contributed by atoms with Gasteiger partial charge in [0.25, 0.3) is 5.66 Å². The Morgan fingerprint density at radius 2 is 1.92 bits per heavy atom. The van der Waals surface area contributed by atoms with Gasteiger partial charge in [-0.3, -0.25) is 0 Å². The molecule has 1 unspecified atom stereocenters. The van der Waals surface area contributed by atoms with E-state index in [0.717, 1.165) is 12.1 Å². The Balaban J connectivity index is 3.19. The fourth-order valence-corrected chi connectivity index (χ4v) is 1.12. The molecule has 0 aromatic heterocycles. The maximum Gasteiger partial charge on any atom is 0.286 e. The van der Waals surface area contributed by atoms with E-state index in [1.165, 1.54) is 15.3 Å². The van der Waals surface area contributed by atoms with Crippen LogP contribution in [-0.2, 0) is 5.66 Å². The molecule has 1 aromatic carbocycles. The molecule has 0 radical (unpaired) electrons. The normalized spacial score (nSPS) is 11.8. The molecule has 1 atom stereocenters. The molecule has 1 aromatic rings. The highest BCUT2D eigenvalue weighted by Crippen LogP contribution is 2.36. The van der Waals surface area contributed by atoms with Crippen molar-refractivity contribution in [1.29, 1.82) is 0 Å². The highest BCUT2D eigenvalue weighted by atomic mass is 31.0. The Hall–Kier alpha value is -0.560. The summed E-state index contributed by atoms with van der Waals surface area (Å²) >= 11 is 0. The van der Waals surface area contributed by atoms with Gasteiger partial charge >= 0.3 is 0 Å². The average Bonchev–Trinajstić information content (AvgIpc) is 1.83. The Kier molecular flexibility index (Phi) is 2.43. The van der Waals surface area contributed by atoms with Crippen molar-refractivity contribution in [3.05, 3.63) is 35.1 Å². The monoisotopic (exact) mass is 192 g/mol. The fraction of sp³-hybridized carbons (Fsp3) is 0.250. The Labute approximate surface area is 71.0 Å². The van der Waals surface area contributed by atoms with E-state index in [1.807, 2.05) is 0 Å².